The second kappa shape index (κ2) is 7.54. The highest BCUT2D eigenvalue weighted by molar-refractivity contribution is 14.1. The van der Waals surface area contributed by atoms with Crippen LogP contribution in [0.4, 0.5) is 5.82 Å². The van der Waals surface area contributed by atoms with Crippen molar-refractivity contribution in [3.8, 4) is 0 Å². The van der Waals surface area contributed by atoms with E-state index < -0.39 is 23.7 Å². The number of halogens is 2. The number of hydrogen-bond donors (Lipinski definition) is 4. The van der Waals surface area contributed by atoms with Crippen LogP contribution >= 0.6 is 34.2 Å². The Morgan fingerprint density at radius 2 is 2.19 bits per heavy atom. The average molecular weight is 555 g/mol. The summed E-state index contributed by atoms with van der Waals surface area (Å²) in [5.41, 5.74) is 1.14. The fraction of sp³-hybridized carbons (Fsp3) is 0.400. The number of nitrogens with zero attached hydrogens (tertiary/aromatic N) is 4. The van der Waals surface area contributed by atoms with Crippen molar-refractivity contribution in [2.45, 2.75) is 31.2 Å². The van der Waals surface area contributed by atoms with Gasteiger partial charge < -0.3 is 25.4 Å². The van der Waals surface area contributed by atoms with Gasteiger partial charge in [-0.3, -0.25) is 4.79 Å². The fourth-order valence-corrected chi connectivity index (χ4v) is 5.53. The molecule has 5 rings (SSSR count). The Balaban J connectivity index is 1.49. The zero-order chi connectivity index (χ0) is 21.9. The molecule has 9 nitrogen and oxygen atoms in total. The first-order valence-corrected chi connectivity index (χ1v) is 11.3. The molecule has 2 aromatic heterocycles. The van der Waals surface area contributed by atoms with Crippen molar-refractivity contribution in [3.63, 3.8) is 0 Å². The fourth-order valence-electron chi connectivity index (χ4n) is 4.85. The number of nitrogens with one attached hydrogen (secondary N) is 2. The van der Waals surface area contributed by atoms with Crippen LogP contribution in [-0.2, 0) is 11.3 Å². The summed E-state index contributed by atoms with van der Waals surface area (Å²) in [6.45, 7) is 0.503. The van der Waals surface area contributed by atoms with E-state index in [1.54, 1.807) is 17.9 Å². The lowest BCUT2D eigenvalue weighted by Crippen LogP contribution is -2.41. The van der Waals surface area contributed by atoms with Gasteiger partial charge in [0.15, 0.2) is 20.8 Å². The van der Waals surface area contributed by atoms with E-state index in [0.29, 0.717) is 38.8 Å². The predicted molar refractivity (Wildman–Crippen MR) is 122 cm³/mol. The number of amides is 1. The van der Waals surface area contributed by atoms with Gasteiger partial charge >= 0.3 is 0 Å². The number of carbonyl (C=O) groups excluding carboxylic acids is 1. The summed E-state index contributed by atoms with van der Waals surface area (Å²) < 4.78 is 2.28. The van der Waals surface area contributed by atoms with Crippen LogP contribution in [0.2, 0.25) is 5.02 Å². The minimum absolute atomic E-state index is 0.189. The quantitative estimate of drug-likeness (QED) is 0.280. The lowest BCUT2D eigenvalue weighted by atomic mass is 9.98. The van der Waals surface area contributed by atoms with Crippen LogP contribution in [0.5, 0.6) is 0 Å². The number of fused-ring (bicyclic) bond motifs is 2. The first-order chi connectivity index (χ1) is 14.9. The summed E-state index contributed by atoms with van der Waals surface area (Å²) in [5.74, 6) is 0.129. The van der Waals surface area contributed by atoms with Gasteiger partial charge in [0.1, 0.15) is 6.10 Å². The van der Waals surface area contributed by atoms with Crippen LogP contribution in [0.1, 0.15) is 18.0 Å². The molecule has 3 aromatic rings. The maximum atomic E-state index is 12.4. The lowest BCUT2D eigenvalue weighted by Gasteiger charge is -2.23. The van der Waals surface area contributed by atoms with Crippen molar-refractivity contribution in [3.05, 3.63) is 45.0 Å². The lowest BCUT2D eigenvalue weighted by molar-refractivity contribution is -0.132. The molecule has 162 valence electrons. The third-order valence-corrected chi connectivity index (χ3v) is 7.10. The summed E-state index contributed by atoms with van der Waals surface area (Å²) in [7, 11) is 1.54. The Bertz CT molecular complexity index is 1190. The number of anilines is 1. The number of hydrogen-bond acceptors (Lipinski definition) is 7. The molecule has 5 atom stereocenters. The van der Waals surface area contributed by atoms with Gasteiger partial charge in [0, 0.05) is 47.1 Å². The summed E-state index contributed by atoms with van der Waals surface area (Å²) in [5, 5.41) is 28.0. The highest BCUT2D eigenvalue weighted by atomic mass is 127. The summed E-state index contributed by atoms with van der Waals surface area (Å²) >= 11 is 8.10. The summed E-state index contributed by atoms with van der Waals surface area (Å²) in [6.07, 6.45) is -0.124. The highest BCUT2D eigenvalue weighted by Gasteiger charge is 2.75. The third kappa shape index (κ3) is 3.19. The molecule has 2 aliphatic rings. The molecule has 2 aliphatic carbocycles. The van der Waals surface area contributed by atoms with Gasteiger partial charge in [-0.05, 0) is 24.1 Å². The van der Waals surface area contributed by atoms with Crippen LogP contribution < -0.4 is 10.6 Å². The topological polar surface area (TPSA) is 125 Å². The van der Waals surface area contributed by atoms with Gasteiger partial charge in [0.2, 0.25) is 5.91 Å². The molecule has 0 radical (unpaired) electrons. The van der Waals surface area contributed by atoms with Crippen LogP contribution in [0.25, 0.3) is 11.2 Å². The van der Waals surface area contributed by atoms with E-state index in [1.807, 2.05) is 46.9 Å². The zero-order valence-electron chi connectivity index (χ0n) is 16.5. The van der Waals surface area contributed by atoms with Crippen LogP contribution in [0.3, 0.4) is 0 Å². The van der Waals surface area contributed by atoms with Crippen LogP contribution in [0.15, 0.2) is 30.6 Å². The number of imidazole rings is 1. The van der Waals surface area contributed by atoms with Gasteiger partial charge in [0.25, 0.3) is 0 Å². The summed E-state index contributed by atoms with van der Waals surface area (Å²) in [6, 6.07) is 7.04. The summed E-state index contributed by atoms with van der Waals surface area (Å²) in [4.78, 5) is 25.9. The maximum Gasteiger partial charge on any atom is 0.229 e. The second-order valence-corrected chi connectivity index (χ2v) is 9.41. The molecule has 0 bridgehead atoms. The van der Waals surface area contributed by atoms with E-state index in [2.05, 4.69) is 25.6 Å². The smallest absolute Gasteiger partial charge is 0.229 e. The standard InChI is InChI=1S/C20H20ClIN6O3/c1-23-18(31)20-6-11(20)13(14(29)15(20)30)28-8-25-12-16(26-19(22)27-17(12)28)24-7-9-3-2-4-10(21)5-9/h2-5,8,11,13-15,29-30H,6-7H2,1H3,(H,23,31)(H,24,26,27)/t11-,13-,14+,15+,20-/m1/s1. The molecule has 0 spiro atoms. The molecule has 2 fully saturated rings. The largest absolute Gasteiger partial charge is 0.389 e. The van der Waals surface area contributed by atoms with Crippen LogP contribution in [0, 0.1) is 15.2 Å². The van der Waals surface area contributed by atoms with Crippen molar-refractivity contribution in [2.75, 3.05) is 12.4 Å². The maximum absolute atomic E-state index is 12.4. The molecule has 0 aliphatic heterocycles. The molecule has 0 saturated heterocycles. The first-order valence-electron chi connectivity index (χ1n) is 9.83. The monoisotopic (exact) mass is 554 g/mol. The molecular formula is C20H20ClIN6O3. The van der Waals surface area contributed by atoms with Gasteiger partial charge in [-0.15, -0.1) is 0 Å². The molecule has 31 heavy (non-hydrogen) atoms. The normalized spacial score (nSPS) is 29.1. The minimum Gasteiger partial charge on any atom is -0.389 e. The molecule has 0 unspecified atom stereocenters. The number of rotatable bonds is 5. The Hall–Kier alpha value is -2.02. The van der Waals surface area contributed by atoms with Crippen molar-refractivity contribution in [1.29, 1.82) is 0 Å². The van der Waals surface area contributed by atoms with E-state index in [-0.39, 0.29) is 11.8 Å². The van der Waals surface area contributed by atoms with Crippen LogP contribution in [-0.4, -0.2) is 54.9 Å². The molecule has 2 heterocycles. The van der Waals surface area contributed by atoms with E-state index in [1.165, 1.54) is 0 Å². The molecule has 11 heteroatoms. The van der Waals surface area contributed by atoms with E-state index in [9.17, 15) is 15.0 Å². The van der Waals surface area contributed by atoms with Crippen molar-refractivity contribution in [1.82, 2.24) is 24.8 Å². The predicted octanol–water partition coefficient (Wildman–Crippen LogP) is 1.73. The molecule has 4 N–H and O–H groups in total. The zero-order valence-corrected chi connectivity index (χ0v) is 19.4. The first kappa shape index (κ1) is 20.9. The average Bonchev–Trinajstić information content (AvgIpc) is 3.29. The van der Waals surface area contributed by atoms with Gasteiger partial charge in [-0.25, -0.2) is 15.0 Å². The second-order valence-electron chi connectivity index (χ2n) is 8.00. The van der Waals surface area contributed by atoms with E-state index in [4.69, 9.17) is 11.6 Å². The van der Waals surface area contributed by atoms with Gasteiger partial charge in [-0.2, -0.15) is 0 Å². The molecular weight excluding hydrogens is 535 g/mol. The Kier molecular flexibility index (Phi) is 5.07. The minimum atomic E-state index is -1.14. The van der Waals surface area contributed by atoms with E-state index in [0.717, 1.165) is 5.56 Å². The number of aliphatic hydroxyl groups excluding tert-OH is 2. The van der Waals surface area contributed by atoms with E-state index >= 15 is 0 Å². The molecule has 2 saturated carbocycles. The van der Waals surface area contributed by atoms with Crippen molar-refractivity contribution < 1.29 is 15.0 Å². The SMILES string of the molecule is CNC(=O)[C@]12C[C@@H]1[C@@H](n1cnc3c(NCc4cccc(Cl)c4)nc(I)nc31)[C@H](O)[C@@H]2O. The Labute approximate surface area is 196 Å². The number of aromatic nitrogens is 4. The third-order valence-electron chi connectivity index (χ3n) is 6.39. The number of benzene rings is 1. The molecule has 1 aromatic carbocycles. The highest BCUT2D eigenvalue weighted by Crippen LogP contribution is 2.67. The molecule has 1 amide bonds. The van der Waals surface area contributed by atoms with Crippen molar-refractivity contribution in [2.24, 2.45) is 11.3 Å². The van der Waals surface area contributed by atoms with Gasteiger partial charge in [-0.1, -0.05) is 23.7 Å². The van der Waals surface area contributed by atoms with Crippen molar-refractivity contribution >= 4 is 57.1 Å². The van der Waals surface area contributed by atoms with Gasteiger partial charge in [0.05, 0.1) is 23.9 Å². The number of aliphatic hydroxyl groups is 2. The Morgan fingerprint density at radius 1 is 1.39 bits per heavy atom. The Morgan fingerprint density at radius 3 is 2.94 bits per heavy atom. The number of carbonyl (C=O) groups is 1.